The van der Waals surface area contributed by atoms with Crippen LogP contribution in [0.25, 0.3) is 32.1 Å². The molecule has 2 unspecified atom stereocenters. The quantitative estimate of drug-likeness (QED) is 0.223. The second kappa shape index (κ2) is 11.3. The van der Waals surface area contributed by atoms with Gasteiger partial charge in [-0.05, 0) is 63.9 Å². The molecule has 3 saturated heterocycles. The molecule has 256 valence electrons. The molecule has 4 aliphatic rings. The summed E-state index contributed by atoms with van der Waals surface area (Å²) in [6, 6.07) is 6.15. The summed E-state index contributed by atoms with van der Waals surface area (Å²) < 4.78 is 66.0. The molecule has 1 aliphatic carbocycles. The third-order valence-corrected chi connectivity index (χ3v) is 12.2. The van der Waals surface area contributed by atoms with E-state index in [9.17, 15) is 23.2 Å². The van der Waals surface area contributed by atoms with Gasteiger partial charge in [0.1, 0.15) is 40.2 Å². The van der Waals surface area contributed by atoms with E-state index in [-0.39, 0.29) is 65.9 Å². The summed E-state index contributed by atoms with van der Waals surface area (Å²) in [5.41, 5.74) is 5.47. The van der Waals surface area contributed by atoms with Crippen LogP contribution >= 0.6 is 22.9 Å². The highest BCUT2D eigenvalue weighted by Gasteiger charge is 2.65. The van der Waals surface area contributed by atoms with Crippen LogP contribution < -0.4 is 15.4 Å². The minimum atomic E-state index is -2.96. The maximum atomic E-state index is 17.0. The maximum Gasteiger partial charge on any atom is 0.319 e. The van der Waals surface area contributed by atoms with E-state index in [1.54, 1.807) is 11.0 Å². The first-order valence-electron chi connectivity index (χ1n) is 16.3. The van der Waals surface area contributed by atoms with Crippen molar-refractivity contribution < 1.29 is 27.1 Å². The Kier molecular flexibility index (Phi) is 7.44. The Labute approximate surface area is 288 Å². The molecule has 1 saturated carbocycles. The first kappa shape index (κ1) is 32.3. The number of alkyl halides is 2. The first-order chi connectivity index (χ1) is 23.3. The van der Waals surface area contributed by atoms with Gasteiger partial charge in [-0.15, -0.1) is 11.3 Å². The lowest BCUT2D eigenvalue weighted by molar-refractivity contribution is -0.149. The van der Waals surface area contributed by atoms with Gasteiger partial charge in [0, 0.05) is 48.4 Å². The fourth-order valence-electron chi connectivity index (χ4n) is 8.00. The van der Waals surface area contributed by atoms with Gasteiger partial charge in [-0.3, -0.25) is 9.69 Å². The average Bonchev–Trinajstić information content (AvgIpc) is 3.44. The highest BCUT2D eigenvalue weighted by Crippen LogP contribution is 2.53. The van der Waals surface area contributed by atoms with Crippen molar-refractivity contribution in [2.45, 2.75) is 62.6 Å². The van der Waals surface area contributed by atoms with E-state index in [2.05, 4.69) is 9.88 Å². The number of hydrogen-bond acceptors (Lipinski definition) is 9. The lowest BCUT2D eigenvalue weighted by Gasteiger charge is -2.50. The molecule has 2 aromatic carbocycles. The zero-order chi connectivity index (χ0) is 34.6. The van der Waals surface area contributed by atoms with Gasteiger partial charge in [0.2, 0.25) is 5.91 Å². The summed E-state index contributed by atoms with van der Waals surface area (Å²) in [5.74, 6) is -5.84. The molecular formula is C34H32ClF4N7O2S. The molecule has 4 aromatic rings. The molecule has 1 amide bonds. The average molecular weight is 714 g/mol. The Morgan fingerprint density at radius 2 is 1.98 bits per heavy atom. The van der Waals surface area contributed by atoms with Crippen molar-refractivity contribution >= 4 is 60.7 Å². The number of amides is 1. The number of aromatic nitrogens is 2. The number of likely N-dealkylation sites (tertiary alicyclic amines) is 2. The molecule has 8 rings (SSSR count). The summed E-state index contributed by atoms with van der Waals surface area (Å²) in [6.45, 7) is 3.97. The van der Waals surface area contributed by atoms with Crippen LogP contribution in [0.3, 0.4) is 0 Å². The molecule has 1 spiro atoms. The van der Waals surface area contributed by atoms with Gasteiger partial charge in [-0.25, -0.2) is 17.6 Å². The van der Waals surface area contributed by atoms with Gasteiger partial charge in [-0.1, -0.05) is 17.7 Å². The number of ether oxygens (including phenoxy) is 1. The SMILES string of the molecule is C[C@H](Oc1nc(N2CCC3(CCN3C(=O)C3CC3(F)F)C2)c2cc(Cl)c(-c3ccc(F)c4sc(N)c(C#N)c34)c(F)c2n1)[C@@H]1CCCN1C. The Balaban J connectivity index is 1.24. The number of benzene rings is 2. The second-order valence-electron chi connectivity index (χ2n) is 13.7. The van der Waals surface area contributed by atoms with E-state index in [1.165, 1.54) is 12.1 Å². The Bertz CT molecular complexity index is 2110. The largest absolute Gasteiger partial charge is 0.459 e. The van der Waals surface area contributed by atoms with E-state index < -0.39 is 41.3 Å². The number of anilines is 2. The summed E-state index contributed by atoms with van der Waals surface area (Å²) in [4.78, 5) is 28.0. The highest BCUT2D eigenvalue weighted by atomic mass is 35.5. The van der Waals surface area contributed by atoms with Gasteiger partial charge < -0.3 is 20.3 Å². The van der Waals surface area contributed by atoms with Crippen molar-refractivity contribution in [3.8, 4) is 23.2 Å². The zero-order valence-corrected chi connectivity index (χ0v) is 28.3. The molecule has 49 heavy (non-hydrogen) atoms. The minimum absolute atomic E-state index is 0.0173. The van der Waals surface area contributed by atoms with E-state index in [4.69, 9.17) is 27.1 Å². The smallest absolute Gasteiger partial charge is 0.319 e. The Hall–Kier alpha value is -3.93. The molecule has 0 radical (unpaired) electrons. The van der Waals surface area contributed by atoms with Crippen LogP contribution in [-0.4, -0.2) is 82.5 Å². The van der Waals surface area contributed by atoms with Crippen molar-refractivity contribution in [2.24, 2.45) is 5.92 Å². The van der Waals surface area contributed by atoms with Gasteiger partial charge in [0.05, 0.1) is 20.8 Å². The van der Waals surface area contributed by atoms with Gasteiger partial charge in [0.25, 0.3) is 5.92 Å². The third-order valence-electron chi connectivity index (χ3n) is 10.8. The summed E-state index contributed by atoms with van der Waals surface area (Å²) >= 11 is 7.74. The van der Waals surface area contributed by atoms with Crippen molar-refractivity contribution in [1.82, 2.24) is 19.8 Å². The molecule has 2 aromatic heterocycles. The number of fused-ring (bicyclic) bond motifs is 2. The van der Waals surface area contributed by atoms with Crippen molar-refractivity contribution in [1.29, 1.82) is 5.26 Å². The van der Waals surface area contributed by atoms with E-state index >= 15 is 4.39 Å². The van der Waals surface area contributed by atoms with Crippen molar-refractivity contribution in [3.63, 3.8) is 0 Å². The van der Waals surface area contributed by atoms with Gasteiger partial charge in [-0.2, -0.15) is 15.2 Å². The van der Waals surface area contributed by atoms with Crippen LogP contribution in [0.1, 0.15) is 44.6 Å². The fraction of sp³-hybridized carbons (Fsp3) is 0.471. The number of hydrogen-bond donors (Lipinski definition) is 1. The van der Waals surface area contributed by atoms with Crippen LogP contribution in [0, 0.1) is 28.9 Å². The predicted molar refractivity (Wildman–Crippen MR) is 179 cm³/mol. The molecule has 4 fully saturated rings. The number of nitrogens with two attached hydrogens (primary N) is 1. The second-order valence-corrected chi connectivity index (χ2v) is 15.2. The number of nitrogen functional groups attached to an aromatic ring is 1. The fourth-order valence-corrected chi connectivity index (χ4v) is 9.24. The number of likely N-dealkylation sites (N-methyl/N-ethyl adjacent to an activating group) is 1. The Morgan fingerprint density at radius 1 is 1.22 bits per heavy atom. The maximum absolute atomic E-state index is 17.0. The monoisotopic (exact) mass is 713 g/mol. The number of nitrogens with zero attached hydrogens (tertiary/aromatic N) is 6. The van der Waals surface area contributed by atoms with Crippen LogP contribution in [0.2, 0.25) is 5.02 Å². The minimum Gasteiger partial charge on any atom is -0.459 e. The van der Waals surface area contributed by atoms with Crippen molar-refractivity contribution in [2.75, 3.05) is 43.9 Å². The summed E-state index contributed by atoms with van der Waals surface area (Å²) in [7, 11) is 2.02. The third kappa shape index (κ3) is 4.99. The van der Waals surface area contributed by atoms with Crippen LogP contribution in [0.4, 0.5) is 28.4 Å². The molecule has 2 N–H and O–H groups in total. The number of rotatable bonds is 6. The summed E-state index contributed by atoms with van der Waals surface area (Å²) in [6.07, 6.45) is 2.34. The zero-order valence-electron chi connectivity index (χ0n) is 26.7. The molecular weight excluding hydrogens is 682 g/mol. The van der Waals surface area contributed by atoms with Crippen molar-refractivity contribution in [3.05, 3.63) is 40.4 Å². The molecule has 4 atom stereocenters. The number of nitriles is 1. The lowest BCUT2D eigenvalue weighted by Crippen LogP contribution is -2.64. The standard InChI is InChI=1S/C34H32ClF4N7O2S/c1-16(23-4-3-9-44(23)2)48-32-42-27-18(30(43-32)45-10-7-33(15-45)8-11-46(33)31(47)20-13-34(20,38)39)12-21(35)25(26(27)37)17-5-6-22(36)28-24(17)19(14-40)29(41)49-28/h5-6,12,16,20,23H,3-4,7-11,13,15,41H2,1-2H3/t16-,20?,23-,33?/m0/s1. The molecule has 0 bridgehead atoms. The molecule has 15 heteroatoms. The number of thiophene rings is 1. The van der Waals surface area contributed by atoms with Gasteiger partial charge in [0.15, 0.2) is 5.82 Å². The van der Waals surface area contributed by atoms with Crippen LogP contribution in [-0.2, 0) is 4.79 Å². The van der Waals surface area contributed by atoms with E-state index in [0.717, 1.165) is 30.7 Å². The number of carbonyl (C=O) groups is 1. The molecule has 5 heterocycles. The first-order valence-corrected chi connectivity index (χ1v) is 17.4. The molecule has 9 nitrogen and oxygen atoms in total. The Morgan fingerprint density at radius 3 is 2.63 bits per heavy atom. The number of halogens is 5. The predicted octanol–water partition coefficient (Wildman–Crippen LogP) is 6.59. The number of carbonyl (C=O) groups excluding carboxylic acids is 1. The molecule has 3 aliphatic heterocycles. The topological polar surface area (TPSA) is 112 Å². The van der Waals surface area contributed by atoms with Crippen LogP contribution in [0.5, 0.6) is 6.01 Å². The van der Waals surface area contributed by atoms with Gasteiger partial charge >= 0.3 is 6.01 Å². The summed E-state index contributed by atoms with van der Waals surface area (Å²) in [5, 5.41) is 10.4. The normalized spacial score (nSPS) is 25.3. The van der Waals surface area contributed by atoms with E-state index in [0.29, 0.717) is 38.3 Å². The highest BCUT2D eigenvalue weighted by molar-refractivity contribution is 7.23. The van der Waals surface area contributed by atoms with Crippen LogP contribution in [0.15, 0.2) is 18.2 Å². The van der Waals surface area contributed by atoms with E-state index in [1.807, 2.05) is 24.9 Å². The lowest BCUT2D eigenvalue weighted by atomic mass is 9.83.